The Morgan fingerprint density at radius 2 is 1.28 bits per heavy atom. The van der Waals surface area contributed by atoms with Gasteiger partial charge in [-0.15, -0.1) is 0 Å². The third kappa shape index (κ3) is 3.21. The van der Waals surface area contributed by atoms with Crippen molar-refractivity contribution in [1.29, 1.82) is 0 Å². The van der Waals surface area contributed by atoms with Gasteiger partial charge in [0, 0.05) is 15.9 Å². The second-order valence-corrected chi connectivity index (χ2v) is 9.23. The van der Waals surface area contributed by atoms with Gasteiger partial charge in [-0.3, -0.25) is 0 Å². The van der Waals surface area contributed by atoms with Gasteiger partial charge in [0.05, 0.1) is 17.8 Å². The summed E-state index contributed by atoms with van der Waals surface area (Å²) in [6.07, 6.45) is 0. The molecule has 0 unspecified atom stereocenters. The summed E-state index contributed by atoms with van der Waals surface area (Å²) < 4.78 is 26.1. The zero-order chi connectivity index (χ0) is 17.9. The highest BCUT2D eigenvalue weighted by Gasteiger charge is 2.33. The zero-order valence-corrected chi connectivity index (χ0v) is 17.0. The number of hydrogen-bond acceptors (Lipinski definition) is 3. The van der Waals surface area contributed by atoms with Crippen LogP contribution in [0.15, 0.2) is 72.8 Å². The lowest BCUT2D eigenvalue weighted by Gasteiger charge is -2.23. The maximum absolute atomic E-state index is 14.4. The second kappa shape index (κ2) is 7.63. The van der Waals surface area contributed by atoms with Gasteiger partial charge in [-0.05, 0) is 34.7 Å². The van der Waals surface area contributed by atoms with Crippen LogP contribution >= 0.6 is 29.7 Å². The number of benzene rings is 3. The van der Waals surface area contributed by atoms with E-state index in [1.165, 1.54) is 0 Å². The molecule has 0 aliphatic rings. The molecule has 0 fully saturated rings. The van der Waals surface area contributed by atoms with E-state index >= 15 is 0 Å². The van der Waals surface area contributed by atoms with Gasteiger partial charge in [-0.2, -0.15) is 0 Å². The first-order chi connectivity index (χ1) is 12.1. The molecule has 0 aromatic heterocycles. The Kier molecular flexibility index (Phi) is 5.50. The molecule has 5 heteroatoms. The van der Waals surface area contributed by atoms with Crippen molar-refractivity contribution in [3.63, 3.8) is 0 Å². The van der Waals surface area contributed by atoms with E-state index in [2.05, 4.69) is 22.6 Å². The zero-order valence-electron chi connectivity index (χ0n) is 14.0. The SMILES string of the molecule is COc1ccc(P(=O)(c2ccccc2)c2ccccc2)c(I)c1OC. The van der Waals surface area contributed by atoms with E-state index in [0.29, 0.717) is 11.5 Å². The standard InChI is InChI=1S/C20H18IO3P/c1-23-17-13-14-18(19(21)20(17)24-2)25(22,15-9-5-3-6-10-15)16-11-7-4-8-12-16/h3-14H,1-2H3. The molecular formula is C20H18IO3P. The summed E-state index contributed by atoms with van der Waals surface area (Å²) in [4.78, 5) is 0. The Labute approximate surface area is 161 Å². The van der Waals surface area contributed by atoms with E-state index in [-0.39, 0.29) is 0 Å². The molecule has 0 heterocycles. The molecule has 3 aromatic carbocycles. The van der Waals surface area contributed by atoms with Crippen molar-refractivity contribution in [3.05, 3.63) is 76.4 Å². The van der Waals surface area contributed by atoms with Gasteiger partial charge in [-0.1, -0.05) is 60.7 Å². The normalized spacial score (nSPS) is 11.2. The Bertz CT molecular complexity index is 867. The number of halogens is 1. The summed E-state index contributed by atoms with van der Waals surface area (Å²) in [6.45, 7) is 0. The Hall–Kier alpha value is -1.78. The molecule has 25 heavy (non-hydrogen) atoms. The van der Waals surface area contributed by atoms with Gasteiger partial charge >= 0.3 is 0 Å². The van der Waals surface area contributed by atoms with Crippen LogP contribution in [0.3, 0.4) is 0 Å². The van der Waals surface area contributed by atoms with Crippen molar-refractivity contribution in [2.24, 2.45) is 0 Å². The van der Waals surface area contributed by atoms with Gasteiger partial charge in [0.25, 0.3) is 0 Å². The van der Waals surface area contributed by atoms with E-state index in [0.717, 1.165) is 19.5 Å². The summed E-state index contributed by atoms with van der Waals surface area (Å²) in [5.41, 5.74) is 0. The van der Waals surface area contributed by atoms with Crippen LogP contribution in [0.4, 0.5) is 0 Å². The van der Waals surface area contributed by atoms with Crippen molar-refractivity contribution >= 4 is 45.6 Å². The van der Waals surface area contributed by atoms with E-state index in [4.69, 9.17) is 9.47 Å². The van der Waals surface area contributed by atoms with Crippen molar-refractivity contribution in [2.75, 3.05) is 14.2 Å². The van der Waals surface area contributed by atoms with Crippen LogP contribution in [0.1, 0.15) is 0 Å². The molecule has 0 bridgehead atoms. The third-order valence-electron chi connectivity index (χ3n) is 4.04. The molecule has 0 aliphatic carbocycles. The summed E-state index contributed by atoms with van der Waals surface area (Å²) in [5, 5.41) is 2.35. The fraction of sp³-hybridized carbons (Fsp3) is 0.100. The average Bonchev–Trinajstić information content (AvgIpc) is 2.68. The molecule has 0 N–H and O–H groups in total. The summed E-state index contributed by atoms with van der Waals surface area (Å²) in [7, 11) is 0.168. The lowest BCUT2D eigenvalue weighted by molar-refractivity contribution is 0.353. The van der Waals surface area contributed by atoms with E-state index in [9.17, 15) is 4.57 Å². The molecule has 0 saturated carbocycles. The van der Waals surface area contributed by atoms with Crippen LogP contribution in [0.5, 0.6) is 11.5 Å². The van der Waals surface area contributed by atoms with Gasteiger partial charge in [0.15, 0.2) is 18.6 Å². The molecule has 3 nitrogen and oxygen atoms in total. The minimum atomic E-state index is -3.03. The predicted molar refractivity (Wildman–Crippen MR) is 112 cm³/mol. The van der Waals surface area contributed by atoms with Crippen molar-refractivity contribution in [2.45, 2.75) is 0 Å². The van der Waals surface area contributed by atoms with Crippen LogP contribution in [0.2, 0.25) is 0 Å². The second-order valence-electron chi connectivity index (χ2n) is 5.41. The molecule has 0 saturated heterocycles. The topological polar surface area (TPSA) is 35.5 Å². The average molecular weight is 464 g/mol. The fourth-order valence-electron chi connectivity index (χ4n) is 2.83. The Balaban J connectivity index is 2.33. The quantitative estimate of drug-likeness (QED) is 0.424. The minimum absolute atomic E-state index is 0.604. The highest BCUT2D eigenvalue weighted by Crippen LogP contribution is 2.46. The van der Waals surface area contributed by atoms with Crippen LogP contribution in [0, 0.1) is 3.57 Å². The smallest absolute Gasteiger partial charge is 0.174 e. The van der Waals surface area contributed by atoms with Crippen molar-refractivity contribution < 1.29 is 14.0 Å². The lowest BCUT2D eigenvalue weighted by Crippen LogP contribution is -2.27. The molecule has 0 amide bonds. The number of ether oxygens (including phenoxy) is 2. The first-order valence-electron chi connectivity index (χ1n) is 7.75. The van der Waals surface area contributed by atoms with E-state index in [1.807, 2.05) is 72.8 Å². The first-order valence-corrected chi connectivity index (χ1v) is 10.5. The van der Waals surface area contributed by atoms with Gasteiger partial charge in [-0.25, -0.2) is 0 Å². The summed E-state index contributed by atoms with van der Waals surface area (Å²) in [5.74, 6) is 1.23. The number of rotatable bonds is 5. The lowest BCUT2D eigenvalue weighted by atomic mass is 10.3. The number of hydrogen-bond donors (Lipinski definition) is 0. The van der Waals surface area contributed by atoms with Gasteiger partial charge < -0.3 is 14.0 Å². The van der Waals surface area contributed by atoms with Crippen LogP contribution in [-0.2, 0) is 4.57 Å². The first kappa shape index (κ1) is 18.0. The molecular weight excluding hydrogens is 446 g/mol. The van der Waals surface area contributed by atoms with Crippen LogP contribution in [0.25, 0.3) is 0 Å². The monoisotopic (exact) mass is 464 g/mol. The minimum Gasteiger partial charge on any atom is -0.493 e. The van der Waals surface area contributed by atoms with Gasteiger partial charge in [0.2, 0.25) is 0 Å². The molecule has 3 rings (SSSR count). The molecule has 0 atom stereocenters. The summed E-state index contributed by atoms with van der Waals surface area (Å²) >= 11 is 2.19. The Morgan fingerprint density at radius 1 is 0.760 bits per heavy atom. The molecule has 128 valence electrons. The molecule has 0 aliphatic heterocycles. The molecule has 0 spiro atoms. The Morgan fingerprint density at radius 3 is 1.72 bits per heavy atom. The molecule has 0 radical (unpaired) electrons. The summed E-state index contributed by atoms with van der Waals surface area (Å²) in [6, 6.07) is 22.9. The predicted octanol–water partition coefficient (Wildman–Crippen LogP) is 3.95. The third-order valence-corrected chi connectivity index (χ3v) is 8.64. The number of methoxy groups -OCH3 is 2. The highest BCUT2D eigenvalue weighted by atomic mass is 127. The van der Waals surface area contributed by atoms with Crippen LogP contribution in [-0.4, -0.2) is 14.2 Å². The maximum atomic E-state index is 14.4. The largest absolute Gasteiger partial charge is 0.493 e. The van der Waals surface area contributed by atoms with Crippen molar-refractivity contribution in [1.82, 2.24) is 0 Å². The van der Waals surface area contributed by atoms with Crippen molar-refractivity contribution in [3.8, 4) is 11.5 Å². The fourth-order valence-corrected chi connectivity index (χ4v) is 7.21. The van der Waals surface area contributed by atoms with E-state index < -0.39 is 7.14 Å². The van der Waals surface area contributed by atoms with Crippen LogP contribution < -0.4 is 25.4 Å². The highest BCUT2D eigenvalue weighted by molar-refractivity contribution is 14.1. The van der Waals surface area contributed by atoms with Gasteiger partial charge in [0.1, 0.15) is 0 Å². The van der Waals surface area contributed by atoms with E-state index in [1.54, 1.807) is 14.2 Å². The maximum Gasteiger partial charge on any atom is 0.174 e. The molecule has 3 aromatic rings.